The lowest BCUT2D eigenvalue weighted by Crippen LogP contribution is -2.63. The van der Waals surface area contributed by atoms with Crippen LogP contribution in [0.1, 0.15) is 52.4 Å². The summed E-state index contributed by atoms with van der Waals surface area (Å²) in [7, 11) is 0. The molecule has 19 heavy (non-hydrogen) atoms. The summed E-state index contributed by atoms with van der Waals surface area (Å²) < 4.78 is 0. The molecule has 0 aromatic heterocycles. The number of rotatable bonds is 2. The lowest BCUT2D eigenvalue weighted by atomic mass is 9.88. The first kappa shape index (κ1) is 13.8. The van der Waals surface area contributed by atoms with Crippen molar-refractivity contribution in [2.24, 2.45) is 0 Å². The molecule has 3 rings (SSSR count). The predicted molar refractivity (Wildman–Crippen MR) is 80.5 cm³/mol. The van der Waals surface area contributed by atoms with E-state index >= 15 is 0 Å². The smallest absolute Gasteiger partial charge is 0.0280 e. The fraction of sp³-hybridized carbons (Fsp3) is 1.00. The average molecular weight is 265 g/mol. The molecular weight excluding hydrogens is 234 g/mol. The minimum Gasteiger partial charge on any atom is -0.310 e. The normalized spacial score (nSPS) is 42.0. The molecule has 3 heterocycles. The first-order chi connectivity index (χ1) is 9.16. The molecule has 0 aromatic carbocycles. The summed E-state index contributed by atoms with van der Waals surface area (Å²) in [6, 6.07) is 1.58. The fourth-order valence-corrected chi connectivity index (χ4v) is 4.33. The number of hydrogen-bond donors (Lipinski definition) is 1. The van der Waals surface area contributed by atoms with Crippen molar-refractivity contribution in [1.29, 1.82) is 0 Å². The van der Waals surface area contributed by atoms with Crippen molar-refractivity contribution in [3.8, 4) is 0 Å². The van der Waals surface area contributed by atoms with Gasteiger partial charge in [-0.3, -0.25) is 9.80 Å². The molecule has 1 N–H and O–H groups in total. The summed E-state index contributed by atoms with van der Waals surface area (Å²) in [4.78, 5) is 5.52. The van der Waals surface area contributed by atoms with Crippen LogP contribution in [0.25, 0.3) is 0 Å². The Kier molecular flexibility index (Phi) is 4.16. The van der Waals surface area contributed by atoms with Crippen LogP contribution in [-0.4, -0.2) is 60.1 Å². The van der Waals surface area contributed by atoms with Gasteiger partial charge in [0.15, 0.2) is 0 Å². The molecule has 3 heteroatoms. The number of nitrogens with zero attached hydrogens (tertiary/aromatic N) is 2. The van der Waals surface area contributed by atoms with Crippen LogP contribution in [0.4, 0.5) is 0 Å². The van der Waals surface area contributed by atoms with Gasteiger partial charge in [0.1, 0.15) is 0 Å². The Balaban J connectivity index is 1.60. The lowest BCUT2D eigenvalue weighted by Gasteiger charge is -2.50. The third kappa shape index (κ3) is 3.14. The van der Waals surface area contributed by atoms with Crippen LogP contribution in [0.15, 0.2) is 0 Å². The average Bonchev–Trinajstić information content (AvgIpc) is 2.40. The van der Waals surface area contributed by atoms with Crippen LogP contribution in [0, 0.1) is 0 Å². The highest BCUT2D eigenvalue weighted by Crippen LogP contribution is 2.27. The second-order valence-electron chi connectivity index (χ2n) is 7.37. The van der Waals surface area contributed by atoms with E-state index in [1.807, 2.05) is 0 Å². The Morgan fingerprint density at radius 1 is 1.16 bits per heavy atom. The third-order valence-electron chi connectivity index (χ3n) is 5.58. The van der Waals surface area contributed by atoms with E-state index in [1.165, 1.54) is 71.2 Å². The van der Waals surface area contributed by atoms with Gasteiger partial charge in [0.2, 0.25) is 0 Å². The molecule has 3 nitrogen and oxygen atoms in total. The minimum atomic E-state index is 0.364. The molecule has 0 radical (unpaired) electrons. The van der Waals surface area contributed by atoms with Crippen molar-refractivity contribution in [1.82, 2.24) is 15.1 Å². The molecule has 0 amide bonds. The van der Waals surface area contributed by atoms with Gasteiger partial charge in [0.05, 0.1) is 0 Å². The van der Waals surface area contributed by atoms with Gasteiger partial charge >= 0.3 is 0 Å². The Labute approximate surface area is 118 Å². The standard InChI is InChI=1S/C16H31N3/c1-14-11-18-10-6-3-7-15(18)12-19(14)13-16(2)8-4-5-9-17-16/h14-15,17H,3-13H2,1-2H3. The van der Waals surface area contributed by atoms with Crippen LogP contribution >= 0.6 is 0 Å². The van der Waals surface area contributed by atoms with Crippen LogP contribution < -0.4 is 5.32 Å². The number of fused-ring (bicyclic) bond motifs is 1. The van der Waals surface area contributed by atoms with Gasteiger partial charge in [0, 0.05) is 37.3 Å². The van der Waals surface area contributed by atoms with Gasteiger partial charge < -0.3 is 5.32 Å². The van der Waals surface area contributed by atoms with Gasteiger partial charge in [-0.1, -0.05) is 12.8 Å². The van der Waals surface area contributed by atoms with E-state index < -0.39 is 0 Å². The highest BCUT2D eigenvalue weighted by molar-refractivity contribution is 4.95. The Hall–Kier alpha value is -0.120. The maximum Gasteiger partial charge on any atom is 0.0280 e. The van der Waals surface area contributed by atoms with Crippen LogP contribution in [0.2, 0.25) is 0 Å². The number of piperazine rings is 1. The monoisotopic (exact) mass is 265 g/mol. The Morgan fingerprint density at radius 3 is 2.84 bits per heavy atom. The Bertz CT molecular complexity index is 298. The summed E-state index contributed by atoms with van der Waals surface area (Å²) in [5.74, 6) is 0. The molecule has 0 aromatic rings. The predicted octanol–water partition coefficient (Wildman–Crippen LogP) is 2.08. The van der Waals surface area contributed by atoms with E-state index in [2.05, 4.69) is 29.0 Å². The van der Waals surface area contributed by atoms with Gasteiger partial charge in [-0.2, -0.15) is 0 Å². The van der Waals surface area contributed by atoms with E-state index in [0.29, 0.717) is 5.54 Å². The first-order valence-electron chi connectivity index (χ1n) is 8.39. The van der Waals surface area contributed by atoms with E-state index in [9.17, 15) is 0 Å². The maximum atomic E-state index is 3.78. The number of hydrogen-bond acceptors (Lipinski definition) is 3. The molecule has 3 aliphatic rings. The second kappa shape index (κ2) is 5.71. The molecule has 0 saturated carbocycles. The molecule has 3 atom stereocenters. The zero-order valence-corrected chi connectivity index (χ0v) is 12.8. The van der Waals surface area contributed by atoms with Crippen LogP contribution in [0.3, 0.4) is 0 Å². The van der Waals surface area contributed by atoms with Crippen molar-refractivity contribution in [2.45, 2.75) is 70.0 Å². The van der Waals surface area contributed by atoms with E-state index in [1.54, 1.807) is 0 Å². The van der Waals surface area contributed by atoms with Crippen molar-refractivity contribution >= 4 is 0 Å². The number of piperidine rings is 2. The number of nitrogens with one attached hydrogen (secondary N) is 1. The molecule has 0 aliphatic carbocycles. The van der Waals surface area contributed by atoms with Crippen molar-refractivity contribution < 1.29 is 0 Å². The summed E-state index contributed by atoms with van der Waals surface area (Å²) >= 11 is 0. The minimum absolute atomic E-state index is 0.364. The summed E-state index contributed by atoms with van der Waals surface area (Å²) in [6.45, 7) is 11.3. The van der Waals surface area contributed by atoms with E-state index in [4.69, 9.17) is 0 Å². The highest BCUT2D eigenvalue weighted by Gasteiger charge is 2.36. The molecule has 3 fully saturated rings. The zero-order chi connectivity index (χ0) is 13.3. The summed E-state index contributed by atoms with van der Waals surface area (Å²) in [5, 5.41) is 3.78. The first-order valence-corrected chi connectivity index (χ1v) is 8.39. The topological polar surface area (TPSA) is 18.5 Å². The third-order valence-corrected chi connectivity index (χ3v) is 5.58. The largest absolute Gasteiger partial charge is 0.310 e. The molecule has 110 valence electrons. The van der Waals surface area contributed by atoms with Crippen LogP contribution in [0.5, 0.6) is 0 Å². The van der Waals surface area contributed by atoms with Gasteiger partial charge in [-0.25, -0.2) is 0 Å². The van der Waals surface area contributed by atoms with Crippen molar-refractivity contribution in [3.63, 3.8) is 0 Å². The van der Waals surface area contributed by atoms with E-state index in [0.717, 1.165) is 12.1 Å². The Morgan fingerprint density at radius 2 is 2.05 bits per heavy atom. The quantitative estimate of drug-likeness (QED) is 0.825. The SMILES string of the molecule is CC1CN2CCCCC2CN1CC1(C)CCCCN1. The van der Waals surface area contributed by atoms with Crippen LogP contribution in [-0.2, 0) is 0 Å². The molecule has 3 unspecified atom stereocenters. The van der Waals surface area contributed by atoms with E-state index in [-0.39, 0.29) is 0 Å². The van der Waals surface area contributed by atoms with Gasteiger partial charge in [-0.15, -0.1) is 0 Å². The zero-order valence-electron chi connectivity index (χ0n) is 12.8. The molecular formula is C16H31N3. The summed E-state index contributed by atoms with van der Waals surface area (Å²) in [5.41, 5.74) is 0.364. The van der Waals surface area contributed by atoms with Crippen molar-refractivity contribution in [3.05, 3.63) is 0 Å². The van der Waals surface area contributed by atoms with Gasteiger partial charge in [0.25, 0.3) is 0 Å². The molecule has 0 spiro atoms. The van der Waals surface area contributed by atoms with Gasteiger partial charge in [-0.05, 0) is 52.6 Å². The van der Waals surface area contributed by atoms with Crippen molar-refractivity contribution in [2.75, 3.05) is 32.7 Å². The maximum absolute atomic E-state index is 3.78. The molecule has 3 aliphatic heterocycles. The highest BCUT2D eigenvalue weighted by atomic mass is 15.3. The molecule has 3 saturated heterocycles. The molecule has 0 bridgehead atoms. The fourth-order valence-electron chi connectivity index (χ4n) is 4.33. The second-order valence-corrected chi connectivity index (χ2v) is 7.37. The lowest BCUT2D eigenvalue weighted by molar-refractivity contribution is -0.000495. The summed E-state index contributed by atoms with van der Waals surface area (Å²) in [6.07, 6.45) is 8.40.